The number of rotatable bonds is 5. The molecule has 5 nitrogen and oxygen atoms in total. The highest BCUT2D eigenvalue weighted by Gasteiger charge is 2.20. The van der Waals surface area contributed by atoms with Crippen molar-refractivity contribution in [2.45, 2.75) is 0 Å². The lowest BCUT2D eigenvalue weighted by atomic mass is 10.0. The van der Waals surface area contributed by atoms with Crippen molar-refractivity contribution in [3.63, 3.8) is 0 Å². The normalized spacial score (nSPS) is 11.7. The van der Waals surface area contributed by atoms with Gasteiger partial charge in [-0.25, -0.2) is 15.0 Å². The molecule has 3 heterocycles. The average molecular weight is 690 g/mol. The molecule has 0 N–H and O–H groups in total. The summed E-state index contributed by atoms with van der Waals surface area (Å²) in [6.07, 6.45) is 0. The molecule has 0 saturated heterocycles. The van der Waals surface area contributed by atoms with E-state index in [0.717, 1.165) is 49.9 Å². The summed E-state index contributed by atoms with van der Waals surface area (Å²) >= 11 is 0. The van der Waals surface area contributed by atoms with Crippen LogP contribution in [0.3, 0.4) is 0 Å². The predicted molar refractivity (Wildman–Crippen MR) is 222 cm³/mol. The Kier molecular flexibility index (Phi) is 6.79. The standard InChI is InChI=1S/C49H31N5/c1-3-15-32(16-4-1)47-50-48(33-17-5-2-6-18-33)52-49(51-47)41-29-30-45(36-20-8-7-19-35(36)41)54-44-26-14-11-23-39(44)40-28-27-34(31-46(40)54)53-42-24-12-9-21-37(42)38-22-10-13-25-43(38)53/h1-31H. The van der Waals surface area contributed by atoms with Crippen LogP contribution in [0.4, 0.5) is 0 Å². The van der Waals surface area contributed by atoms with E-state index in [2.05, 4.69) is 137 Å². The van der Waals surface area contributed by atoms with Crippen LogP contribution in [0, 0.1) is 0 Å². The monoisotopic (exact) mass is 689 g/mol. The minimum absolute atomic E-state index is 0.640. The topological polar surface area (TPSA) is 48.5 Å². The molecule has 11 rings (SSSR count). The van der Waals surface area contributed by atoms with Crippen molar-refractivity contribution >= 4 is 54.4 Å². The van der Waals surface area contributed by atoms with E-state index < -0.39 is 0 Å². The zero-order valence-corrected chi connectivity index (χ0v) is 29.1. The second-order valence-corrected chi connectivity index (χ2v) is 13.6. The van der Waals surface area contributed by atoms with Gasteiger partial charge in [-0.05, 0) is 47.9 Å². The molecule has 0 unspecified atom stereocenters. The van der Waals surface area contributed by atoms with Crippen molar-refractivity contribution in [1.82, 2.24) is 24.1 Å². The zero-order chi connectivity index (χ0) is 35.6. The van der Waals surface area contributed by atoms with Crippen LogP contribution in [0.25, 0.3) is 99.9 Å². The Labute approximate surface area is 311 Å². The molecule has 252 valence electrons. The third-order valence-electron chi connectivity index (χ3n) is 10.6. The Balaban J connectivity index is 1.16. The van der Waals surface area contributed by atoms with Gasteiger partial charge < -0.3 is 9.13 Å². The summed E-state index contributed by atoms with van der Waals surface area (Å²) in [5, 5.41) is 7.11. The van der Waals surface area contributed by atoms with E-state index >= 15 is 0 Å². The highest BCUT2D eigenvalue weighted by molar-refractivity contribution is 6.13. The summed E-state index contributed by atoms with van der Waals surface area (Å²) in [5.74, 6) is 1.93. The van der Waals surface area contributed by atoms with Gasteiger partial charge in [0.05, 0.1) is 27.8 Å². The number of nitrogens with zero attached hydrogens (tertiary/aromatic N) is 5. The minimum Gasteiger partial charge on any atom is -0.309 e. The molecule has 54 heavy (non-hydrogen) atoms. The Hall–Kier alpha value is -7.37. The van der Waals surface area contributed by atoms with Crippen molar-refractivity contribution in [3.8, 4) is 45.5 Å². The average Bonchev–Trinajstić information content (AvgIpc) is 3.76. The fourth-order valence-electron chi connectivity index (χ4n) is 8.16. The molecule has 0 aliphatic heterocycles. The van der Waals surface area contributed by atoms with Gasteiger partial charge in [0.2, 0.25) is 0 Å². The quantitative estimate of drug-likeness (QED) is 0.181. The van der Waals surface area contributed by atoms with Gasteiger partial charge in [0, 0.05) is 49.3 Å². The lowest BCUT2D eigenvalue weighted by Crippen LogP contribution is -2.02. The summed E-state index contributed by atoms with van der Waals surface area (Å²) in [6.45, 7) is 0. The maximum Gasteiger partial charge on any atom is 0.164 e. The molecule has 0 aliphatic rings. The maximum atomic E-state index is 5.10. The highest BCUT2D eigenvalue weighted by Crippen LogP contribution is 2.40. The Morgan fingerprint density at radius 3 is 1.31 bits per heavy atom. The molecule has 0 aliphatic carbocycles. The van der Waals surface area contributed by atoms with Crippen LogP contribution in [-0.4, -0.2) is 24.1 Å². The van der Waals surface area contributed by atoms with E-state index in [1.807, 2.05) is 60.7 Å². The summed E-state index contributed by atoms with van der Waals surface area (Å²) in [4.78, 5) is 15.1. The SMILES string of the molecule is c1ccc(-c2nc(-c3ccccc3)nc(-c3ccc(-n4c5ccccc5c5ccc(-n6c7ccccc7c7ccccc76)cc54)c4ccccc34)n2)cc1. The van der Waals surface area contributed by atoms with Crippen molar-refractivity contribution in [3.05, 3.63) is 188 Å². The molecule has 5 heteroatoms. The fraction of sp³-hybridized carbons (Fsp3) is 0. The van der Waals surface area contributed by atoms with Crippen LogP contribution >= 0.6 is 0 Å². The van der Waals surface area contributed by atoms with E-state index in [0.29, 0.717) is 17.5 Å². The molecule has 11 aromatic rings. The first-order valence-corrected chi connectivity index (χ1v) is 18.2. The van der Waals surface area contributed by atoms with Crippen molar-refractivity contribution < 1.29 is 0 Å². The van der Waals surface area contributed by atoms with Crippen LogP contribution in [0.5, 0.6) is 0 Å². The molecule has 0 amide bonds. The third-order valence-corrected chi connectivity index (χ3v) is 10.6. The summed E-state index contributed by atoms with van der Waals surface area (Å²) < 4.78 is 4.81. The van der Waals surface area contributed by atoms with E-state index in [1.165, 1.54) is 32.6 Å². The van der Waals surface area contributed by atoms with Gasteiger partial charge in [0.1, 0.15) is 0 Å². The van der Waals surface area contributed by atoms with Gasteiger partial charge in [0.25, 0.3) is 0 Å². The Morgan fingerprint density at radius 2 is 0.741 bits per heavy atom. The number of hydrogen-bond acceptors (Lipinski definition) is 3. The van der Waals surface area contributed by atoms with Crippen LogP contribution in [-0.2, 0) is 0 Å². The Bertz CT molecular complexity index is 3100. The lowest BCUT2D eigenvalue weighted by Gasteiger charge is -2.16. The van der Waals surface area contributed by atoms with E-state index in [-0.39, 0.29) is 0 Å². The van der Waals surface area contributed by atoms with Gasteiger partial charge >= 0.3 is 0 Å². The second-order valence-electron chi connectivity index (χ2n) is 13.6. The van der Waals surface area contributed by atoms with Crippen LogP contribution in [0.2, 0.25) is 0 Å². The summed E-state index contributed by atoms with van der Waals surface area (Å²) in [5.41, 5.74) is 9.76. The zero-order valence-electron chi connectivity index (χ0n) is 29.1. The lowest BCUT2D eigenvalue weighted by molar-refractivity contribution is 1.08. The molecular weight excluding hydrogens is 659 g/mol. The molecule has 0 bridgehead atoms. The number of fused-ring (bicyclic) bond motifs is 7. The van der Waals surface area contributed by atoms with Gasteiger partial charge in [-0.3, -0.25) is 0 Å². The second kappa shape index (κ2) is 12.1. The van der Waals surface area contributed by atoms with Gasteiger partial charge in [0.15, 0.2) is 17.5 Å². The van der Waals surface area contributed by atoms with Crippen molar-refractivity contribution in [2.75, 3.05) is 0 Å². The minimum atomic E-state index is 0.640. The number of aromatic nitrogens is 5. The first-order chi connectivity index (χ1) is 26.8. The molecule has 0 radical (unpaired) electrons. The van der Waals surface area contributed by atoms with Crippen LogP contribution < -0.4 is 0 Å². The predicted octanol–water partition coefficient (Wildman–Crippen LogP) is 12.2. The largest absolute Gasteiger partial charge is 0.309 e. The number of para-hydroxylation sites is 3. The van der Waals surface area contributed by atoms with Gasteiger partial charge in [-0.2, -0.15) is 0 Å². The fourth-order valence-corrected chi connectivity index (χ4v) is 8.16. The van der Waals surface area contributed by atoms with E-state index in [4.69, 9.17) is 15.0 Å². The smallest absolute Gasteiger partial charge is 0.164 e. The summed E-state index contributed by atoms with van der Waals surface area (Å²) in [7, 11) is 0. The maximum absolute atomic E-state index is 5.10. The van der Waals surface area contributed by atoms with E-state index in [9.17, 15) is 0 Å². The van der Waals surface area contributed by atoms with Crippen LogP contribution in [0.1, 0.15) is 0 Å². The molecule has 0 fully saturated rings. The Morgan fingerprint density at radius 1 is 0.296 bits per heavy atom. The van der Waals surface area contributed by atoms with Crippen molar-refractivity contribution in [2.24, 2.45) is 0 Å². The molecule has 3 aromatic heterocycles. The highest BCUT2D eigenvalue weighted by atomic mass is 15.0. The number of benzene rings is 8. The first kappa shape index (κ1) is 30.3. The van der Waals surface area contributed by atoms with Gasteiger partial charge in [-0.1, -0.05) is 146 Å². The first-order valence-electron chi connectivity index (χ1n) is 18.2. The molecule has 0 atom stereocenters. The third kappa shape index (κ3) is 4.69. The van der Waals surface area contributed by atoms with Crippen molar-refractivity contribution in [1.29, 1.82) is 0 Å². The van der Waals surface area contributed by atoms with E-state index in [1.54, 1.807) is 0 Å². The molecule has 8 aromatic carbocycles. The van der Waals surface area contributed by atoms with Crippen LogP contribution in [0.15, 0.2) is 188 Å². The molecular formula is C49H31N5. The van der Waals surface area contributed by atoms with Gasteiger partial charge in [-0.15, -0.1) is 0 Å². The molecule has 0 spiro atoms. The molecule has 0 saturated carbocycles. The number of hydrogen-bond donors (Lipinski definition) is 0. The summed E-state index contributed by atoms with van der Waals surface area (Å²) in [6, 6.07) is 66.2.